The summed E-state index contributed by atoms with van der Waals surface area (Å²) < 4.78 is 4.05. The first-order chi connectivity index (χ1) is 3.41. The van der Waals surface area contributed by atoms with Gasteiger partial charge in [-0.2, -0.15) is 0 Å². The van der Waals surface area contributed by atoms with E-state index in [9.17, 15) is 9.59 Å². The van der Waals surface area contributed by atoms with Crippen molar-refractivity contribution in [1.29, 1.82) is 0 Å². The largest absolute Gasteiger partial charge is 0.447 e. The van der Waals surface area contributed by atoms with Gasteiger partial charge in [-0.1, -0.05) is 0 Å². The van der Waals surface area contributed by atoms with E-state index in [0.717, 1.165) is 0 Å². The SMILES string of the molecule is O=CNCOC=O. The van der Waals surface area contributed by atoms with Crippen molar-refractivity contribution in [2.75, 3.05) is 6.73 Å². The molecule has 0 saturated heterocycles. The molecule has 0 spiro atoms. The molecule has 40 valence electrons. The molecule has 4 heteroatoms. The second kappa shape index (κ2) is 4.94. The maximum atomic E-state index is 9.37. The predicted octanol–water partition coefficient (Wildman–Crippen LogP) is -1.14. The van der Waals surface area contributed by atoms with Crippen LogP contribution < -0.4 is 5.32 Å². The first-order valence-electron chi connectivity index (χ1n) is 1.64. The molecule has 0 aromatic rings. The Labute approximate surface area is 40.5 Å². The van der Waals surface area contributed by atoms with Gasteiger partial charge in [-0.25, -0.2) is 0 Å². The van der Waals surface area contributed by atoms with Crippen LogP contribution in [0, 0.1) is 0 Å². The molecule has 0 aliphatic rings. The molecule has 4 nitrogen and oxygen atoms in total. The fourth-order valence-corrected chi connectivity index (χ4v) is 0.116. The van der Waals surface area contributed by atoms with Crippen LogP contribution in [-0.2, 0) is 14.3 Å². The van der Waals surface area contributed by atoms with E-state index < -0.39 is 0 Å². The van der Waals surface area contributed by atoms with Gasteiger partial charge in [0.2, 0.25) is 6.41 Å². The molecule has 0 unspecified atom stereocenters. The van der Waals surface area contributed by atoms with E-state index in [-0.39, 0.29) is 13.2 Å². The molecule has 7 heavy (non-hydrogen) atoms. The lowest BCUT2D eigenvalue weighted by Crippen LogP contribution is -2.14. The predicted molar refractivity (Wildman–Crippen MR) is 21.2 cm³/mol. The van der Waals surface area contributed by atoms with E-state index in [1.54, 1.807) is 0 Å². The van der Waals surface area contributed by atoms with Crippen LogP contribution in [0.25, 0.3) is 0 Å². The first kappa shape index (κ1) is 5.94. The molecule has 0 saturated carbocycles. The van der Waals surface area contributed by atoms with Crippen LogP contribution in [-0.4, -0.2) is 19.6 Å². The molecule has 0 radical (unpaired) electrons. The van der Waals surface area contributed by atoms with Crippen LogP contribution >= 0.6 is 0 Å². The van der Waals surface area contributed by atoms with Crippen LogP contribution in [0.15, 0.2) is 0 Å². The Balaban J connectivity index is 2.68. The van der Waals surface area contributed by atoms with E-state index in [1.165, 1.54) is 0 Å². The Morgan fingerprint density at radius 2 is 2.29 bits per heavy atom. The molecule has 0 aliphatic heterocycles. The minimum absolute atomic E-state index is 0.0486. The van der Waals surface area contributed by atoms with Crippen molar-refractivity contribution >= 4 is 12.9 Å². The second-order valence-corrected chi connectivity index (χ2v) is 0.729. The van der Waals surface area contributed by atoms with E-state index >= 15 is 0 Å². The van der Waals surface area contributed by atoms with Crippen molar-refractivity contribution in [1.82, 2.24) is 5.32 Å². The number of nitrogens with one attached hydrogen (secondary N) is 1. The van der Waals surface area contributed by atoms with E-state index in [2.05, 4.69) is 10.1 Å². The number of rotatable bonds is 4. The van der Waals surface area contributed by atoms with Crippen molar-refractivity contribution in [3.8, 4) is 0 Å². The number of hydrogen-bond acceptors (Lipinski definition) is 3. The standard InChI is InChI=1S/C3H5NO3/c5-1-4-2-7-3-6/h1,3H,2H2,(H,4,5). The number of ether oxygens (including phenoxy) is 1. The molecule has 1 amide bonds. The molecule has 0 aromatic carbocycles. The third kappa shape index (κ3) is 4.94. The zero-order chi connectivity index (χ0) is 5.54. The normalized spacial score (nSPS) is 6.86. The fraction of sp³-hybridized carbons (Fsp3) is 0.333. The van der Waals surface area contributed by atoms with Crippen LogP contribution in [0.1, 0.15) is 0 Å². The van der Waals surface area contributed by atoms with Crippen LogP contribution in [0.3, 0.4) is 0 Å². The van der Waals surface area contributed by atoms with Crippen molar-refractivity contribution < 1.29 is 14.3 Å². The number of hydrogen-bond donors (Lipinski definition) is 1. The Morgan fingerprint density at radius 1 is 1.57 bits per heavy atom. The van der Waals surface area contributed by atoms with Crippen molar-refractivity contribution in [2.24, 2.45) is 0 Å². The van der Waals surface area contributed by atoms with E-state index in [0.29, 0.717) is 6.41 Å². The van der Waals surface area contributed by atoms with Gasteiger partial charge in [0, 0.05) is 0 Å². The molecule has 0 aromatic heterocycles. The Morgan fingerprint density at radius 3 is 2.71 bits per heavy atom. The monoisotopic (exact) mass is 103 g/mol. The smallest absolute Gasteiger partial charge is 0.294 e. The molecule has 0 aliphatic carbocycles. The highest BCUT2D eigenvalue weighted by Crippen LogP contribution is 1.52. The third-order valence-corrected chi connectivity index (χ3v) is 0.318. The highest BCUT2D eigenvalue weighted by atomic mass is 16.5. The van der Waals surface area contributed by atoms with Gasteiger partial charge in [0.1, 0.15) is 0 Å². The van der Waals surface area contributed by atoms with Crippen LogP contribution in [0.4, 0.5) is 0 Å². The number of carbonyl (C=O) groups is 2. The average Bonchev–Trinajstić information content (AvgIpc) is 1.69. The quantitative estimate of drug-likeness (QED) is 0.278. The summed E-state index contributed by atoms with van der Waals surface area (Å²) in [5, 5.41) is 2.12. The summed E-state index contributed by atoms with van der Waals surface area (Å²) in [5.41, 5.74) is 0. The highest BCUT2D eigenvalue weighted by molar-refractivity contribution is 5.46. The lowest BCUT2D eigenvalue weighted by atomic mass is 11.1. The summed E-state index contributed by atoms with van der Waals surface area (Å²) in [6.07, 6.45) is 0.448. The molecule has 0 heterocycles. The van der Waals surface area contributed by atoms with Gasteiger partial charge >= 0.3 is 0 Å². The average molecular weight is 103 g/mol. The van der Waals surface area contributed by atoms with Crippen molar-refractivity contribution in [3.05, 3.63) is 0 Å². The van der Waals surface area contributed by atoms with Crippen LogP contribution in [0.2, 0.25) is 0 Å². The number of carbonyl (C=O) groups excluding carboxylic acids is 2. The van der Waals surface area contributed by atoms with Gasteiger partial charge in [-0.15, -0.1) is 0 Å². The van der Waals surface area contributed by atoms with Crippen molar-refractivity contribution in [3.63, 3.8) is 0 Å². The summed E-state index contributed by atoms with van der Waals surface area (Å²) in [5.74, 6) is 0. The number of amides is 1. The van der Waals surface area contributed by atoms with Crippen molar-refractivity contribution in [2.45, 2.75) is 0 Å². The van der Waals surface area contributed by atoms with E-state index in [1.807, 2.05) is 0 Å². The van der Waals surface area contributed by atoms with Gasteiger partial charge in [0.05, 0.1) is 0 Å². The summed E-state index contributed by atoms with van der Waals surface area (Å²) in [6, 6.07) is 0. The molecular formula is C3H5NO3. The highest BCUT2D eigenvalue weighted by Gasteiger charge is 1.72. The van der Waals surface area contributed by atoms with Gasteiger partial charge < -0.3 is 10.1 Å². The summed E-state index contributed by atoms with van der Waals surface area (Å²) in [4.78, 5) is 18.7. The maximum absolute atomic E-state index is 9.37. The van der Waals surface area contributed by atoms with Gasteiger partial charge in [0.25, 0.3) is 6.47 Å². The van der Waals surface area contributed by atoms with Gasteiger partial charge in [-0.3, -0.25) is 9.59 Å². The summed E-state index contributed by atoms with van der Waals surface area (Å²) in [6.45, 7) is 0.212. The maximum Gasteiger partial charge on any atom is 0.294 e. The second-order valence-electron chi connectivity index (χ2n) is 0.729. The van der Waals surface area contributed by atoms with E-state index in [4.69, 9.17) is 0 Å². The first-order valence-corrected chi connectivity index (χ1v) is 1.64. The van der Waals surface area contributed by atoms with Gasteiger partial charge in [0.15, 0.2) is 6.73 Å². The molecule has 0 fully saturated rings. The Hall–Kier alpha value is -1.06. The van der Waals surface area contributed by atoms with Gasteiger partial charge in [-0.05, 0) is 0 Å². The lowest BCUT2D eigenvalue weighted by molar-refractivity contribution is -0.130. The molecule has 0 bridgehead atoms. The zero-order valence-corrected chi connectivity index (χ0v) is 3.59. The molecular weight excluding hydrogens is 98.0 g/mol. The molecule has 0 rings (SSSR count). The minimum atomic E-state index is -0.0486. The minimum Gasteiger partial charge on any atom is -0.447 e. The third-order valence-electron chi connectivity index (χ3n) is 0.318. The lowest BCUT2D eigenvalue weighted by Gasteiger charge is -1.90. The Bertz CT molecular complexity index is 55.2. The molecule has 1 N–H and O–H groups in total. The summed E-state index contributed by atoms with van der Waals surface area (Å²) in [7, 11) is 0. The Kier molecular flexibility index (Phi) is 4.19. The topological polar surface area (TPSA) is 55.4 Å². The van der Waals surface area contributed by atoms with Crippen LogP contribution in [0.5, 0.6) is 0 Å². The fourth-order valence-electron chi connectivity index (χ4n) is 0.116. The zero-order valence-electron chi connectivity index (χ0n) is 3.59. The molecule has 0 atom stereocenters. The summed E-state index contributed by atoms with van der Waals surface area (Å²) >= 11 is 0.